The van der Waals surface area contributed by atoms with Crippen LogP contribution < -0.4 is 0 Å². The molecule has 2 heteroatoms. The lowest BCUT2D eigenvalue weighted by atomic mass is 10.3. The average Bonchev–Trinajstić information content (AvgIpc) is 2.42. The van der Waals surface area contributed by atoms with Crippen LogP contribution in [-0.2, 0) is 13.5 Å². The fraction of sp³-hybridized carbons (Fsp3) is 0.667. The highest BCUT2D eigenvalue weighted by Gasteiger charge is 1.93. The molecule has 1 aromatic rings. The van der Waals surface area contributed by atoms with E-state index in [9.17, 15) is 0 Å². The predicted molar refractivity (Wildman–Crippen MR) is 48.6 cm³/mol. The van der Waals surface area contributed by atoms with Crippen molar-refractivity contribution in [2.45, 2.75) is 33.6 Å². The number of rotatable bonds is 2. The van der Waals surface area contributed by atoms with Crippen molar-refractivity contribution in [3.63, 3.8) is 0 Å². The molecule has 0 saturated heterocycles. The lowest BCUT2D eigenvalue weighted by molar-refractivity contribution is 0.786. The van der Waals surface area contributed by atoms with Gasteiger partial charge in [-0.1, -0.05) is 27.2 Å². The van der Waals surface area contributed by atoms with Gasteiger partial charge in [0.05, 0.1) is 6.33 Å². The molecule has 0 radical (unpaired) electrons. The summed E-state index contributed by atoms with van der Waals surface area (Å²) in [5, 5.41) is 0. The van der Waals surface area contributed by atoms with E-state index in [1.165, 1.54) is 12.1 Å². The third kappa shape index (κ3) is 3.21. The van der Waals surface area contributed by atoms with Gasteiger partial charge in [-0.25, -0.2) is 4.98 Å². The Morgan fingerprint density at radius 3 is 2.45 bits per heavy atom. The Kier molecular flexibility index (Phi) is 5.53. The molecular weight excluding hydrogens is 136 g/mol. The topological polar surface area (TPSA) is 17.8 Å². The fourth-order valence-electron chi connectivity index (χ4n) is 0.882. The zero-order chi connectivity index (χ0) is 8.69. The summed E-state index contributed by atoms with van der Waals surface area (Å²) in [6, 6.07) is 0. The van der Waals surface area contributed by atoms with Gasteiger partial charge in [0, 0.05) is 18.9 Å². The first-order chi connectivity index (χ1) is 5.34. The van der Waals surface area contributed by atoms with Crippen LogP contribution in [-0.4, -0.2) is 9.55 Å². The van der Waals surface area contributed by atoms with Crippen LogP contribution in [0, 0.1) is 0 Å². The summed E-state index contributed by atoms with van der Waals surface area (Å²) >= 11 is 0. The van der Waals surface area contributed by atoms with Gasteiger partial charge < -0.3 is 4.57 Å². The molecular formula is C9H18N2. The molecule has 1 heterocycles. The molecule has 0 spiro atoms. The minimum absolute atomic E-state index is 1.14. The van der Waals surface area contributed by atoms with Crippen molar-refractivity contribution in [1.29, 1.82) is 0 Å². The Balaban J connectivity index is 0.000000461. The van der Waals surface area contributed by atoms with Crippen LogP contribution in [0.4, 0.5) is 0 Å². The number of imidazole rings is 1. The first-order valence-corrected chi connectivity index (χ1v) is 4.29. The first kappa shape index (κ1) is 10.2. The molecule has 0 aliphatic carbocycles. The monoisotopic (exact) mass is 154 g/mol. The van der Waals surface area contributed by atoms with Crippen molar-refractivity contribution in [3.8, 4) is 0 Å². The summed E-state index contributed by atoms with van der Waals surface area (Å²) in [5.74, 6) is 0. The first-order valence-electron chi connectivity index (χ1n) is 4.29. The molecule has 64 valence electrons. The highest BCUT2D eigenvalue weighted by atomic mass is 15.0. The Bertz CT molecular complexity index is 179. The maximum absolute atomic E-state index is 4.00. The van der Waals surface area contributed by atoms with Crippen LogP contribution in [0.15, 0.2) is 12.5 Å². The smallest absolute Gasteiger partial charge is 0.0945 e. The second-order valence-corrected chi connectivity index (χ2v) is 2.25. The fourth-order valence-corrected chi connectivity index (χ4v) is 0.882. The van der Waals surface area contributed by atoms with E-state index in [0.717, 1.165) is 6.42 Å². The van der Waals surface area contributed by atoms with Crippen molar-refractivity contribution in [2.24, 2.45) is 7.05 Å². The summed E-state index contributed by atoms with van der Waals surface area (Å²) in [4.78, 5) is 4.00. The largest absolute Gasteiger partial charge is 0.338 e. The van der Waals surface area contributed by atoms with Crippen LogP contribution in [0.5, 0.6) is 0 Å². The minimum atomic E-state index is 1.14. The van der Waals surface area contributed by atoms with Gasteiger partial charge in [0.15, 0.2) is 0 Å². The maximum atomic E-state index is 4.00. The average molecular weight is 154 g/mol. The molecule has 0 N–H and O–H groups in total. The van der Waals surface area contributed by atoms with E-state index in [2.05, 4.69) is 16.5 Å². The summed E-state index contributed by atoms with van der Waals surface area (Å²) in [7, 11) is 2.03. The SMILES string of the molecule is CC.CCCc1cncn1C. The van der Waals surface area contributed by atoms with Crippen LogP contribution >= 0.6 is 0 Å². The molecule has 0 aliphatic heterocycles. The minimum Gasteiger partial charge on any atom is -0.338 e. The molecule has 0 aromatic carbocycles. The molecule has 0 aliphatic rings. The van der Waals surface area contributed by atoms with E-state index >= 15 is 0 Å². The zero-order valence-corrected chi connectivity index (χ0v) is 7.96. The van der Waals surface area contributed by atoms with Crippen molar-refractivity contribution < 1.29 is 0 Å². The highest BCUT2D eigenvalue weighted by molar-refractivity contribution is 4.96. The second kappa shape index (κ2) is 5.96. The van der Waals surface area contributed by atoms with E-state index in [1.807, 2.05) is 33.4 Å². The third-order valence-electron chi connectivity index (χ3n) is 1.42. The van der Waals surface area contributed by atoms with Gasteiger partial charge >= 0.3 is 0 Å². The number of aromatic nitrogens is 2. The van der Waals surface area contributed by atoms with E-state index in [1.54, 1.807) is 0 Å². The molecule has 0 bridgehead atoms. The Morgan fingerprint density at radius 1 is 1.45 bits per heavy atom. The third-order valence-corrected chi connectivity index (χ3v) is 1.42. The van der Waals surface area contributed by atoms with Gasteiger partial charge in [-0.3, -0.25) is 0 Å². The zero-order valence-electron chi connectivity index (χ0n) is 7.96. The second-order valence-electron chi connectivity index (χ2n) is 2.25. The van der Waals surface area contributed by atoms with Crippen molar-refractivity contribution in [1.82, 2.24) is 9.55 Å². The van der Waals surface area contributed by atoms with Crippen molar-refractivity contribution in [3.05, 3.63) is 18.2 Å². The van der Waals surface area contributed by atoms with Crippen molar-refractivity contribution >= 4 is 0 Å². The van der Waals surface area contributed by atoms with E-state index in [-0.39, 0.29) is 0 Å². The number of aryl methyl sites for hydroxylation is 2. The quantitative estimate of drug-likeness (QED) is 0.639. The molecule has 0 unspecified atom stereocenters. The summed E-state index contributed by atoms with van der Waals surface area (Å²) in [5.41, 5.74) is 1.32. The predicted octanol–water partition coefficient (Wildman–Crippen LogP) is 2.40. The van der Waals surface area contributed by atoms with Gasteiger partial charge in [-0.2, -0.15) is 0 Å². The summed E-state index contributed by atoms with van der Waals surface area (Å²) < 4.78 is 2.06. The maximum Gasteiger partial charge on any atom is 0.0945 e. The van der Waals surface area contributed by atoms with Gasteiger partial charge in [0.1, 0.15) is 0 Å². The van der Waals surface area contributed by atoms with E-state index in [0.29, 0.717) is 0 Å². The Labute approximate surface area is 69.3 Å². The van der Waals surface area contributed by atoms with Crippen molar-refractivity contribution in [2.75, 3.05) is 0 Å². The van der Waals surface area contributed by atoms with Crippen LogP contribution in [0.3, 0.4) is 0 Å². The van der Waals surface area contributed by atoms with Gasteiger partial charge in [0.25, 0.3) is 0 Å². The van der Waals surface area contributed by atoms with Gasteiger partial charge in [0.2, 0.25) is 0 Å². The van der Waals surface area contributed by atoms with Crippen LogP contribution in [0.2, 0.25) is 0 Å². The van der Waals surface area contributed by atoms with Crippen LogP contribution in [0.1, 0.15) is 32.9 Å². The Morgan fingerprint density at radius 2 is 2.09 bits per heavy atom. The molecule has 1 aromatic heterocycles. The molecule has 0 saturated carbocycles. The van der Waals surface area contributed by atoms with Gasteiger partial charge in [-0.15, -0.1) is 0 Å². The molecule has 11 heavy (non-hydrogen) atoms. The molecule has 2 nitrogen and oxygen atoms in total. The lowest BCUT2D eigenvalue weighted by Gasteiger charge is -1.96. The highest BCUT2D eigenvalue weighted by Crippen LogP contribution is 1.98. The lowest BCUT2D eigenvalue weighted by Crippen LogP contribution is -1.92. The molecule has 0 amide bonds. The number of hydrogen-bond donors (Lipinski definition) is 0. The van der Waals surface area contributed by atoms with E-state index in [4.69, 9.17) is 0 Å². The standard InChI is InChI=1S/C7H12N2.C2H6/c1-3-4-7-5-8-6-9(7)2;1-2/h5-6H,3-4H2,1-2H3;1-2H3. The number of nitrogens with zero attached hydrogens (tertiary/aromatic N) is 2. The molecule has 0 fully saturated rings. The number of hydrogen-bond acceptors (Lipinski definition) is 1. The summed E-state index contributed by atoms with van der Waals surface area (Å²) in [6.07, 6.45) is 6.09. The molecule has 0 atom stereocenters. The Hall–Kier alpha value is -0.790. The molecule has 1 rings (SSSR count). The van der Waals surface area contributed by atoms with E-state index < -0.39 is 0 Å². The summed E-state index contributed by atoms with van der Waals surface area (Å²) in [6.45, 7) is 6.17. The van der Waals surface area contributed by atoms with Crippen LogP contribution in [0.25, 0.3) is 0 Å². The normalized spacial score (nSPS) is 8.73. The van der Waals surface area contributed by atoms with Gasteiger partial charge in [-0.05, 0) is 6.42 Å².